The molecule has 3 heterocycles. The molecule has 0 N–H and O–H groups in total. The summed E-state index contributed by atoms with van der Waals surface area (Å²) in [5.74, 6) is 1.20. The number of carbonyl (C=O) groups is 1. The van der Waals surface area contributed by atoms with Crippen molar-refractivity contribution in [2.75, 3.05) is 45.9 Å². The maximum absolute atomic E-state index is 12.3. The number of fused-ring (bicyclic) bond motifs is 1. The second-order valence-corrected chi connectivity index (χ2v) is 9.27. The molecule has 1 fully saturated rings. The van der Waals surface area contributed by atoms with Gasteiger partial charge < -0.3 is 19.1 Å². The van der Waals surface area contributed by atoms with Crippen molar-refractivity contribution in [3.8, 4) is 22.8 Å². The number of rotatable bonds is 9. The number of aromatic nitrogens is 4. The zero-order valence-corrected chi connectivity index (χ0v) is 22.1. The molecule has 1 saturated heterocycles. The first-order chi connectivity index (χ1) is 18.5. The molecule has 10 nitrogen and oxygen atoms in total. The van der Waals surface area contributed by atoms with Crippen molar-refractivity contribution in [1.29, 1.82) is 0 Å². The minimum absolute atomic E-state index is 0.180. The van der Waals surface area contributed by atoms with Gasteiger partial charge in [0.05, 0.1) is 50.5 Å². The Morgan fingerprint density at radius 1 is 1.03 bits per heavy atom. The van der Waals surface area contributed by atoms with E-state index in [1.807, 2.05) is 49.6 Å². The molecule has 1 aliphatic heterocycles. The highest BCUT2D eigenvalue weighted by molar-refractivity contribution is 5.83. The summed E-state index contributed by atoms with van der Waals surface area (Å²) >= 11 is 0. The van der Waals surface area contributed by atoms with Crippen LogP contribution in [0.3, 0.4) is 0 Å². The lowest BCUT2D eigenvalue weighted by Gasteiger charge is -2.30. The van der Waals surface area contributed by atoms with Crippen molar-refractivity contribution in [1.82, 2.24) is 24.6 Å². The Morgan fingerprint density at radius 2 is 1.82 bits per heavy atom. The standard InChI is InChI=1S/C28H32N6O4/c1-32-18-19(16-30-32)26-17-29-24-8-7-20(14-25(24)31-26)34(21-12-22(36-2)15-23(13-21)37-3)11-10-33-9-5-6-27(33)28(35)38-4/h7-8,12-18,27H,5-6,9-11H2,1-4H3/t27-/m0/s1. The molecule has 0 radical (unpaired) electrons. The van der Waals surface area contributed by atoms with Gasteiger partial charge in [-0.25, -0.2) is 4.98 Å². The van der Waals surface area contributed by atoms with Gasteiger partial charge in [-0.15, -0.1) is 0 Å². The molecular formula is C28H32N6O4. The first-order valence-corrected chi connectivity index (χ1v) is 12.6. The fraction of sp³-hybridized carbons (Fsp3) is 0.357. The van der Waals surface area contributed by atoms with Crippen molar-refractivity contribution in [2.24, 2.45) is 7.05 Å². The van der Waals surface area contributed by atoms with Crippen LogP contribution in [0.15, 0.2) is 55.0 Å². The summed E-state index contributed by atoms with van der Waals surface area (Å²) in [5, 5.41) is 4.26. The molecule has 1 aliphatic rings. The van der Waals surface area contributed by atoms with Gasteiger partial charge in [0.25, 0.3) is 0 Å². The SMILES string of the molecule is COC(=O)[C@@H]1CCCN1CCN(c1cc(OC)cc(OC)c1)c1ccc2ncc(-c3cnn(C)c3)nc2c1. The minimum atomic E-state index is -0.216. The van der Waals surface area contributed by atoms with Crippen LogP contribution in [0.5, 0.6) is 11.5 Å². The molecule has 4 aromatic rings. The summed E-state index contributed by atoms with van der Waals surface area (Å²) in [7, 11) is 6.60. The van der Waals surface area contributed by atoms with Gasteiger partial charge >= 0.3 is 5.97 Å². The van der Waals surface area contributed by atoms with Crippen molar-refractivity contribution in [3.05, 3.63) is 55.0 Å². The maximum Gasteiger partial charge on any atom is 0.323 e. The molecular weight excluding hydrogens is 484 g/mol. The smallest absolute Gasteiger partial charge is 0.323 e. The number of aryl methyl sites for hydroxylation is 1. The molecule has 198 valence electrons. The van der Waals surface area contributed by atoms with Crippen LogP contribution in [0.1, 0.15) is 12.8 Å². The van der Waals surface area contributed by atoms with Gasteiger partial charge in [0.2, 0.25) is 0 Å². The van der Waals surface area contributed by atoms with Crippen LogP contribution in [-0.4, -0.2) is 77.6 Å². The van der Waals surface area contributed by atoms with Crippen molar-refractivity contribution in [2.45, 2.75) is 18.9 Å². The second-order valence-electron chi connectivity index (χ2n) is 9.27. The van der Waals surface area contributed by atoms with Gasteiger partial charge in [-0.1, -0.05) is 0 Å². The van der Waals surface area contributed by atoms with Gasteiger partial charge in [-0.2, -0.15) is 5.10 Å². The summed E-state index contributed by atoms with van der Waals surface area (Å²) < 4.78 is 17.9. The number of nitrogens with zero attached hydrogens (tertiary/aromatic N) is 6. The van der Waals surface area contributed by atoms with E-state index in [-0.39, 0.29) is 12.0 Å². The van der Waals surface area contributed by atoms with E-state index in [1.165, 1.54) is 7.11 Å². The molecule has 5 rings (SSSR count). The monoisotopic (exact) mass is 516 g/mol. The maximum atomic E-state index is 12.3. The Morgan fingerprint density at radius 3 is 2.50 bits per heavy atom. The molecule has 0 aliphatic carbocycles. The Kier molecular flexibility index (Phi) is 7.41. The Labute approximate surface area is 221 Å². The summed E-state index contributed by atoms with van der Waals surface area (Å²) in [6.45, 7) is 2.16. The van der Waals surface area contributed by atoms with Crippen LogP contribution in [0, 0.1) is 0 Å². The number of anilines is 2. The topological polar surface area (TPSA) is 94.8 Å². The molecule has 0 bridgehead atoms. The second kappa shape index (κ2) is 11.1. The number of esters is 1. The summed E-state index contributed by atoms with van der Waals surface area (Å²) in [6.07, 6.45) is 7.24. The highest BCUT2D eigenvalue weighted by Gasteiger charge is 2.31. The third-order valence-electron chi connectivity index (χ3n) is 6.93. The van der Waals surface area contributed by atoms with Crippen LogP contribution in [0.25, 0.3) is 22.3 Å². The normalized spacial score (nSPS) is 15.5. The van der Waals surface area contributed by atoms with Gasteiger partial charge in [0, 0.05) is 61.5 Å². The zero-order valence-electron chi connectivity index (χ0n) is 22.1. The van der Waals surface area contributed by atoms with E-state index in [4.69, 9.17) is 19.2 Å². The summed E-state index contributed by atoms with van der Waals surface area (Å²) in [6, 6.07) is 11.6. The van der Waals surface area contributed by atoms with Crippen LogP contribution < -0.4 is 14.4 Å². The highest BCUT2D eigenvalue weighted by atomic mass is 16.5. The number of methoxy groups -OCH3 is 3. The average Bonchev–Trinajstić information content (AvgIpc) is 3.61. The highest BCUT2D eigenvalue weighted by Crippen LogP contribution is 2.34. The van der Waals surface area contributed by atoms with E-state index >= 15 is 0 Å². The Hall–Kier alpha value is -4.18. The number of hydrogen-bond donors (Lipinski definition) is 0. The van der Waals surface area contributed by atoms with Gasteiger partial charge in [0.15, 0.2) is 0 Å². The quantitative estimate of drug-likeness (QED) is 0.308. The van der Waals surface area contributed by atoms with E-state index in [0.29, 0.717) is 24.6 Å². The van der Waals surface area contributed by atoms with Crippen LogP contribution >= 0.6 is 0 Å². The predicted octanol–water partition coefficient (Wildman–Crippen LogP) is 3.82. The van der Waals surface area contributed by atoms with Crippen molar-refractivity contribution >= 4 is 28.4 Å². The predicted molar refractivity (Wildman–Crippen MR) is 145 cm³/mol. The molecule has 38 heavy (non-hydrogen) atoms. The van der Waals surface area contributed by atoms with Crippen molar-refractivity contribution < 1.29 is 19.0 Å². The number of benzene rings is 2. The minimum Gasteiger partial charge on any atom is -0.497 e. The Bertz CT molecular complexity index is 1420. The largest absolute Gasteiger partial charge is 0.497 e. The Balaban J connectivity index is 1.52. The fourth-order valence-corrected chi connectivity index (χ4v) is 4.94. The average molecular weight is 517 g/mol. The zero-order chi connectivity index (χ0) is 26.6. The molecule has 0 saturated carbocycles. The number of likely N-dealkylation sites (tertiary alicyclic amines) is 1. The molecule has 2 aromatic heterocycles. The van der Waals surface area contributed by atoms with Crippen LogP contribution in [-0.2, 0) is 16.6 Å². The number of hydrogen-bond acceptors (Lipinski definition) is 9. The van der Waals surface area contributed by atoms with E-state index in [1.54, 1.807) is 31.3 Å². The lowest BCUT2D eigenvalue weighted by Crippen LogP contribution is -2.41. The molecule has 0 amide bonds. The summed E-state index contributed by atoms with van der Waals surface area (Å²) in [4.78, 5) is 26.2. The third-order valence-corrected chi connectivity index (χ3v) is 6.93. The van der Waals surface area contributed by atoms with Gasteiger partial charge in [0.1, 0.15) is 17.5 Å². The third kappa shape index (κ3) is 5.26. The van der Waals surface area contributed by atoms with E-state index in [0.717, 1.165) is 53.1 Å². The van der Waals surface area contributed by atoms with Crippen molar-refractivity contribution in [3.63, 3.8) is 0 Å². The summed E-state index contributed by atoms with van der Waals surface area (Å²) in [5.41, 5.74) is 5.09. The molecule has 0 spiro atoms. The number of carbonyl (C=O) groups excluding carboxylic acids is 1. The first kappa shape index (κ1) is 25.5. The van der Waals surface area contributed by atoms with E-state index < -0.39 is 0 Å². The van der Waals surface area contributed by atoms with E-state index in [2.05, 4.69) is 19.9 Å². The van der Waals surface area contributed by atoms with E-state index in [9.17, 15) is 4.79 Å². The van der Waals surface area contributed by atoms with Crippen LogP contribution in [0.4, 0.5) is 11.4 Å². The molecule has 1 atom stereocenters. The molecule has 0 unspecified atom stereocenters. The molecule has 2 aromatic carbocycles. The lowest BCUT2D eigenvalue weighted by atomic mass is 10.2. The lowest BCUT2D eigenvalue weighted by molar-refractivity contribution is -0.145. The fourth-order valence-electron chi connectivity index (χ4n) is 4.94. The molecule has 10 heteroatoms. The van der Waals surface area contributed by atoms with Gasteiger partial charge in [-0.05, 0) is 37.6 Å². The number of ether oxygens (including phenoxy) is 3. The van der Waals surface area contributed by atoms with Crippen LogP contribution in [0.2, 0.25) is 0 Å². The first-order valence-electron chi connectivity index (χ1n) is 12.6. The van der Waals surface area contributed by atoms with Gasteiger partial charge in [-0.3, -0.25) is 19.4 Å².